The maximum Gasteiger partial charge on any atom is 0.147 e. The molecule has 0 spiro atoms. The number of fused-ring (bicyclic) bond motifs is 1. The summed E-state index contributed by atoms with van der Waals surface area (Å²) in [6, 6.07) is 6.14. The maximum absolute atomic E-state index is 13.1. The number of aliphatic hydroxyl groups excluding tert-OH is 1. The van der Waals surface area contributed by atoms with Crippen molar-refractivity contribution in [2.75, 3.05) is 13.1 Å². The highest BCUT2D eigenvalue weighted by Gasteiger charge is 2.18. The van der Waals surface area contributed by atoms with E-state index in [9.17, 15) is 9.50 Å². The number of hydrogen-bond acceptors (Lipinski definition) is 4. The number of benzene rings is 1. The van der Waals surface area contributed by atoms with Crippen molar-refractivity contribution < 1.29 is 9.50 Å². The Morgan fingerprint density at radius 2 is 2.25 bits per heavy atom. The van der Waals surface area contributed by atoms with Crippen molar-refractivity contribution >= 4 is 0 Å². The van der Waals surface area contributed by atoms with E-state index in [0.717, 1.165) is 32.0 Å². The van der Waals surface area contributed by atoms with Gasteiger partial charge in [-0.05, 0) is 24.1 Å². The highest BCUT2D eigenvalue weighted by molar-refractivity contribution is 5.18. The van der Waals surface area contributed by atoms with Gasteiger partial charge in [0.15, 0.2) is 0 Å². The van der Waals surface area contributed by atoms with E-state index in [4.69, 9.17) is 0 Å². The van der Waals surface area contributed by atoms with Gasteiger partial charge in [-0.2, -0.15) is 0 Å². The lowest BCUT2D eigenvalue weighted by Crippen LogP contribution is -2.34. The summed E-state index contributed by atoms with van der Waals surface area (Å²) >= 11 is 0. The van der Waals surface area contributed by atoms with Crippen molar-refractivity contribution in [1.82, 2.24) is 19.7 Å². The van der Waals surface area contributed by atoms with Gasteiger partial charge in [0.25, 0.3) is 0 Å². The first-order chi connectivity index (χ1) is 9.72. The minimum atomic E-state index is -0.634. The normalized spacial score (nSPS) is 16.9. The van der Waals surface area contributed by atoms with Crippen LogP contribution < -0.4 is 0 Å². The Kier molecular flexibility index (Phi) is 3.75. The van der Waals surface area contributed by atoms with Crippen LogP contribution in [0.1, 0.15) is 23.9 Å². The first-order valence-electron chi connectivity index (χ1n) is 6.75. The second-order valence-electron chi connectivity index (χ2n) is 5.08. The van der Waals surface area contributed by atoms with Gasteiger partial charge in [0.2, 0.25) is 0 Å². The molecule has 20 heavy (non-hydrogen) atoms. The number of nitrogens with zero attached hydrogens (tertiary/aromatic N) is 4. The standard InChI is InChI=1S/C14H17FN4O/c15-12-3-1-2-11(8-12)13(20)4-5-18-6-7-19-10-16-17-14(19)9-18/h1-3,8,10,13,20H,4-7,9H2. The molecule has 0 bridgehead atoms. The molecule has 0 aliphatic carbocycles. The molecule has 3 rings (SSSR count). The van der Waals surface area contributed by atoms with Gasteiger partial charge in [-0.15, -0.1) is 10.2 Å². The summed E-state index contributed by atoms with van der Waals surface area (Å²) in [6.07, 6.45) is 1.69. The van der Waals surface area contributed by atoms with E-state index in [1.807, 2.05) is 4.57 Å². The summed E-state index contributed by atoms with van der Waals surface area (Å²) in [5.74, 6) is 0.643. The van der Waals surface area contributed by atoms with Crippen molar-refractivity contribution in [3.8, 4) is 0 Å². The number of aliphatic hydroxyl groups is 1. The van der Waals surface area contributed by atoms with Crippen molar-refractivity contribution in [1.29, 1.82) is 0 Å². The lowest BCUT2D eigenvalue weighted by atomic mass is 10.1. The summed E-state index contributed by atoms with van der Waals surface area (Å²) < 4.78 is 15.2. The molecule has 0 saturated carbocycles. The second kappa shape index (κ2) is 5.68. The van der Waals surface area contributed by atoms with Gasteiger partial charge < -0.3 is 9.67 Å². The lowest BCUT2D eigenvalue weighted by Gasteiger charge is -2.27. The van der Waals surface area contributed by atoms with Crippen molar-refractivity contribution in [2.24, 2.45) is 0 Å². The van der Waals surface area contributed by atoms with Gasteiger partial charge in [-0.1, -0.05) is 12.1 Å². The zero-order valence-electron chi connectivity index (χ0n) is 11.1. The predicted molar refractivity (Wildman–Crippen MR) is 71.3 cm³/mol. The molecule has 0 radical (unpaired) electrons. The molecule has 0 amide bonds. The molecule has 0 saturated heterocycles. The van der Waals surface area contributed by atoms with Crippen LogP contribution in [0.4, 0.5) is 4.39 Å². The minimum Gasteiger partial charge on any atom is -0.388 e. The highest BCUT2D eigenvalue weighted by Crippen LogP contribution is 2.19. The average Bonchev–Trinajstić information content (AvgIpc) is 2.92. The Morgan fingerprint density at radius 3 is 3.10 bits per heavy atom. The Labute approximate surface area is 116 Å². The summed E-state index contributed by atoms with van der Waals surface area (Å²) in [4.78, 5) is 2.23. The van der Waals surface area contributed by atoms with Crippen molar-refractivity contribution in [3.05, 3.63) is 47.8 Å². The van der Waals surface area contributed by atoms with Crippen LogP contribution in [0.15, 0.2) is 30.6 Å². The third kappa shape index (κ3) is 2.86. The fourth-order valence-corrected chi connectivity index (χ4v) is 2.49. The van der Waals surface area contributed by atoms with Crippen LogP contribution in [0.2, 0.25) is 0 Å². The van der Waals surface area contributed by atoms with E-state index in [-0.39, 0.29) is 5.82 Å². The van der Waals surface area contributed by atoms with E-state index in [1.54, 1.807) is 18.5 Å². The van der Waals surface area contributed by atoms with Crippen LogP contribution in [-0.4, -0.2) is 37.9 Å². The molecule has 1 atom stereocenters. The number of halogens is 1. The quantitative estimate of drug-likeness (QED) is 0.916. The Hall–Kier alpha value is -1.79. The number of aromatic nitrogens is 3. The molecule has 1 N–H and O–H groups in total. The Morgan fingerprint density at radius 1 is 1.35 bits per heavy atom. The van der Waals surface area contributed by atoms with Gasteiger partial charge in [0, 0.05) is 19.6 Å². The first-order valence-corrected chi connectivity index (χ1v) is 6.75. The van der Waals surface area contributed by atoms with Crippen LogP contribution in [0.3, 0.4) is 0 Å². The molecule has 2 aromatic rings. The molecule has 106 valence electrons. The molecular formula is C14H17FN4O. The molecule has 1 unspecified atom stereocenters. The average molecular weight is 276 g/mol. The van der Waals surface area contributed by atoms with Crippen molar-refractivity contribution in [2.45, 2.75) is 25.6 Å². The fraction of sp³-hybridized carbons (Fsp3) is 0.429. The van der Waals surface area contributed by atoms with E-state index < -0.39 is 6.10 Å². The van der Waals surface area contributed by atoms with Gasteiger partial charge in [-0.25, -0.2) is 4.39 Å². The topological polar surface area (TPSA) is 54.2 Å². The first kappa shape index (κ1) is 13.2. The number of rotatable bonds is 4. The number of hydrogen-bond donors (Lipinski definition) is 1. The summed E-state index contributed by atoms with van der Waals surface area (Å²) in [6.45, 7) is 3.29. The summed E-state index contributed by atoms with van der Waals surface area (Å²) in [5, 5.41) is 18.1. The highest BCUT2D eigenvalue weighted by atomic mass is 19.1. The van der Waals surface area contributed by atoms with E-state index in [1.165, 1.54) is 12.1 Å². The van der Waals surface area contributed by atoms with E-state index >= 15 is 0 Å². The van der Waals surface area contributed by atoms with Crippen LogP contribution in [-0.2, 0) is 13.1 Å². The smallest absolute Gasteiger partial charge is 0.147 e. The molecule has 1 aliphatic heterocycles. The van der Waals surface area contributed by atoms with E-state index in [2.05, 4.69) is 15.1 Å². The second-order valence-corrected chi connectivity index (χ2v) is 5.08. The Balaban J connectivity index is 1.55. The van der Waals surface area contributed by atoms with E-state index in [0.29, 0.717) is 12.0 Å². The predicted octanol–water partition coefficient (Wildman–Crippen LogP) is 1.36. The third-order valence-corrected chi connectivity index (χ3v) is 3.67. The molecule has 6 heteroatoms. The van der Waals surface area contributed by atoms with Gasteiger partial charge in [0.1, 0.15) is 18.0 Å². The lowest BCUT2D eigenvalue weighted by molar-refractivity contribution is 0.130. The third-order valence-electron chi connectivity index (χ3n) is 3.67. The molecule has 5 nitrogen and oxygen atoms in total. The largest absolute Gasteiger partial charge is 0.388 e. The zero-order valence-corrected chi connectivity index (χ0v) is 11.1. The Bertz CT molecular complexity index is 586. The minimum absolute atomic E-state index is 0.312. The molecule has 1 aromatic heterocycles. The maximum atomic E-state index is 13.1. The van der Waals surface area contributed by atoms with Crippen LogP contribution in [0.5, 0.6) is 0 Å². The molecule has 1 aliphatic rings. The van der Waals surface area contributed by atoms with Gasteiger partial charge in [0.05, 0.1) is 12.6 Å². The van der Waals surface area contributed by atoms with Gasteiger partial charge >= 0.3 is 0 Å². The van der Waals surface area contributed by atoms with Gasteiger partial charge in [-0.3, -0.25) is 4.90 Å². The molecule has 1 aromatic carbocycles. The molecule has 2 heterocycles. The SMILES string of the molecule is OC(CCN1CCn2cnnc2C1)c1cccc(F)c1. The van der Waals surface area contributed by atoms with Crippen LogP contribution >= 0.6 is 0 Å². The fourth-order valence-electron chi connectivity index (χ4n) is 2.49. The molecular weight excluding hydrogens is 259 g/mol. The zero-order chi connectivity index (χ0) is 13.9. The van der Waals surface area contributed by atoms with Crippen LogP contribution in [0, 0.1) is 5.82 Å². The summed E-state index contributed by atoms with van der Waals surface area (Å²) in [7, 11) is 0. The van der Waals surface area contributed by atoms with Crippen molar-refractivity contribution in [3.63, 3.8) is 0 Å². The van der Waals surface area contributed by atoms with Crippen LogP contribution in [0.25, 0.3) is 0 Å². The summed E-state index contributed by atoms with van der Waals surface area (Å²) in [5.41, 5.74) is 0.630. The monoisotopic (exact) mass is 276 g/mol. The molecule has 0 fully saturated rings.